The minimum atomic E-state index is -4.52. The van der Waals surface area contributed by atoms with Crippen molar-refractivity contribution in [3.05, 3.63) is 59.8 Å². The number of hydrogen-bond donors (Lipinski definition) is 1. The van der Waals surface area contributed by atoms with Gasteiger partial charge in [-0.3, -0.25) is 0 Å². The first-order valence-electron chi connectivity index (χ1n) is 7.77. The highest BCUT2D eigenvalue weighted by Gasteiger charge is 2.34. The van der Waals surface area contributed by atoms with E-state index >= 15 is 0 Å². The number of nitrogens with one attached hydrogen (secondary N) is 1. The Morgan fingerprint density at radius 2 is 1.62 bits per heavy atom. The van der Waals surface area contributed by atoms with Gasteiger partial charge in [0.05, 0.1) is 12.2 Å². The number of ether oxygens (including phenoxy) is 1. The second kappa shape index (κ2) is 6.99. The summed E-state index contributed by atoms with van der Waals surface area (Å²) in [5.41, 5.74) is -0.0808. The minimum Gasteiger partial charge on any atom is -0.461 e. The van der Waals surface area contributed by atoms with Crippen LogP contribution < -0.4 is 0 Å². The van der Waals surface area contributed by atoms with Crippen LogP contribution in [0.2, 0.25) is 0 Å². The Kier molecular flexibility index (Phi) is 4.75. The maximum atomic E-state index is 13.4. The summed E-state index contributed by atoms with van der Waals surface area (Å²) in [7, 11) is 0. The van der Waals surface area contributed by atoms with E-state index < -0.39 is 17.7 Å². The third-order valence-corrected chi connectivity index (χ3v) is 3.72. The van der Waals surface area contributed by atoms with Crippen LogP contribution in [-0.4, -0.2) is 28.0 Å². The van der Waals surface area contributed by atoms with Gasteiger partial charge in [0, 0.05) is 5.56 Å². The number of carbonyl (C=O) groups excluding carboxylic acids is 1. The Hall–Kier alpha value is -3.16. The van der Waals surface area contributed by atoms with Crippen LogP contribution in [0.5, 0.6) is 0 Å². The normalized spacial score (nSPS) is 11.4. The lowest BCUT2D eigenvalue weighted by molar-refractivity contribution is -0.137. The quantitative estimate of drug-likeness (QED) is 0.702. The van der Waals surface area contributed by atoms with Gasteiger partial charge in [0.1, 0.15) is 5.69 Å². The van der Waals surface area contributed by atoms with Crippen molar-refractivity contribution in [3.8, 4) is 22.4 Å². The number of aromatic amines is 1. The summed E-state index contributed by atoms with van der Waals surface area (Å²) in [5, 5.41) is 10.1. The zero-order valence-electron chi connectivity index (χ0n) is 13.7. The van der Waals surface area contributed by atoms with Crippen LogP contribution in [-0.2, 0) is 10.9 Å². The maximum absolute atomic E-state index is 13.4. The third kappa shape index (κ3) is 3.30. The topological polar surface area (TPSA) is 67.9 Å². The summed E-state index contributed by atoms with van der Waals surface area (Å²) >= 11 is 0. The van der Waals surface area contributed by atoms with Gasteiger partial charge in [0.15, 0.2) is 5.69 Å². The van der Waals surface area contributed by atoms with Crippen molar-refractivity contribution in [2.24, 2.45) is 0 Å². The molecule has 2 aromatic carbocycles. The summed E-state index contributed by atoms with van der Waals surface area (Å²) in [4.78, 5) is 12.0. The molecule has 0 radical (unpaired) electrons. The summed E-state index contributed by atoms with van der Waals surface area (Å²) in [6, 6.07) is 11.7. The van der Waals surface area contributed by atoms with E-state index in [1.807, 2.05) is 0 Å². The lowest BCUT2D eigenvalue weighted by Crippen LogP contribution is -2.08. The van der Waals surface area contributed by atoms with E-state index in [9.17, 15) is 18.0 Å². The molecule has 0 atom stereocenters. The first kappa shape index (κ1) is 17.7. The van der Waals surface area contributed by atoms with Gasteiger partial charge in [-0.15, -0.1) is 5.10 Å². The third-order valence-electron chi connectivity index (χ3n) is 3.72. The number of aromatic nitrogens is 3. The second-order valence-corrected chi connectivity index (χ2v) is 5.33. The second-order valence-electron chi connectivity index (χ2n) is 5.33. The number of carbonyl (C=O) groups is 1. The predicted molar refractivity (Wildman–Crippen MR) is 88.2 cm³/mol. The van der Waals surface area contributed by atoms with Crippen LogP contribution in [0.3, 0.4) is 0 Å². The van der Waals surface area contributed by atoms with Crippen LogP contribution >= 0.6 is 0 Å². The van der Waals surface area contributed by atoms with Gasteiger partial charge in [0.2, 0.25) is 0 Å². The van der Waals surface area contributed by atoms with Crippen molar-refractivity contribution < 1.29 is 22.7 Å². The molecule has 0 fully saturated rings. The fourth-order valence-electron chi connectivity index (χ4n) is 2.65. The molecule has 0 unspecified atom stereocenters. The van der Waals surface area contributed by atoms with Crippen molar-refractivity contribution in [2.45, 2.75) is 13.1 Å². The summed E-state index contributed by atoms with van der Waals surface area (Å²) in [6.45, 7) is 1.79. The molecule has 0 aliphatic rings. The molecule has 8 heteroatoms. The van der Waals surface area contributed by atoms with Gasteiger partial charge >= 0.3 is 12.1 Å². The van der Waals surface area contributed by atoms with Crippen molar-refractivity contribution in [2.75, 3.05) is 6.61 Å². The number of rotatable bonds is 4. The fourth-order valence-corrected chi connectivity index (χ4v) is 2.65. The summed E-state index contributed by atoms with van der Waals surface area (Å²) in [6.07, 6.45) is -4.52. The Labute approximate surface area is 146 Å². The van der Waals surface area contributed by atoms with Crippen LogP contribution in [0.1, 0.15) is 23.0 Å². The molecule has 0 saturated carbocycles. The van der Waals surface area contributed by atoms with Crippen LogP contribution in [0.4, 0.5) is 13.2 Å². The van der Waals surface area contributed by atoms with E-state index in [1.165, 1.54) is 18.2 Å². The van der Waals surface area contributed by atoms with Gasteiger partial charge in [0.25, 0.3) is 0 Å². The molecule has 3 rings (SSSR count). The lowest BCUT2D eigenvalue weighted by Gasteiger charge is -2.15. The number of benzene rings is 2. The van der Waals surface area contributed by atoms with E-state index in [0.29, 0.717) is 11.1 Å². The van der Waals surface area contributed by atoms with E-state index in [4.69, 9.17) is 4.74 Å². The molecule has 5 nitrogen and oxygen atoms in total. The molecule has 0 aliphatic heterocycles. The molecule has 0 amide bonds. The molecule has 0 bridgehead atoms. The first-order chi connectivity index (χ1) is 12.4. The van der Waals surface area contributed by atoms with Crippen molar-refractivity contribution in [3.63, 3.8) is 0 Å². The Balaban J connectivity index is 2.19. The monoisotopic (exact) mass is 361 g/mol. The average molecular weight is 361 g/mol. The minimum absolute atomic E-state index is 0.00610. The molecule has 3 aromatic rings. The molecule has 0 aliphatic carbocycles. The van der Waals surface area contributed by atoms with Gasteiger partial charge in [-0.25, -0.2) is 4.79 Å². The van der Waals surface area contributed by atoms with Crippen molar-refractivity contribution in [1.82, 2.24) is 15.4 Å². The van der Waals surface area contributed by atoms with E-state index in [-0.39, 0.29) is 23.6 Å². The van der Waals surface area contributed by atoms with Crippen LogP contribution in [0, 0.1) is 0 Å². The zero-order chi connectivity index (χ0) is 18.7. The molecule has 26 heavy (non-hydrogen) atoms. The molecule has 0 saturated heterocycles. The molecule has 0 spiro atoms. The van der Waals surface area contributed by atoms with Gasteiger partial charge in [-0.05, 0) is 24.1 Å². The predicted octanol–water partition coefficient (Wildman–Crippen LogP) is 4.33. The Morgan fingerprint density at radius 1 is 1.00 bits per heavy atom. The summed E-state index contributed by atoms with van der Waals surface area (Å²) in [5.74, 6) is -0.699. The van der Waals surface area contributed by atoms with Crippen LogP contribution in [0.25, 0.3) is 22.4 Å². The van der Waals surface area contributed by atoms with Crippen molar-refractivity contribution in [1.29, 1.82) is 0 Å². The van der Waals surface area contributed by atoms with Gasteiger partial charge in [-0.1, -0.05) is 42.5 Å². The smallest absolute Gasteiger partial charge is 0.417 e. The molecule has 1 aromatic heterocycles. The SMILES string of the molecule is CCOC(=O)c1n[nH]nc1-c1ccccc1-c1ccccc1C(F)(F)F. The number of H-pyrrole nitrogens is 1. The molecular formula is C18H14F3N3O2. The lowest BCUT2D eigenvalue weighted by atomic mass is 9.93. The Bertz CT molecular complexity index is 935. The first-order valence-corrected chi connectivity index (χ1v) is 7.77. The standard InChI is InChI=1S/C18H14F3N3O2/c1-2-26-17(25)16-15(22-24-23-16)13-9-4-3-7-11(13)12-8-5-6-10-14(12)18(19,20)21/h3-10H,2H2,1H3,(H,22,23,24). The molecule has 1 N–H and O–H groups in total. The highest BCUT2D eigenvalue weighted by molar-refractivity contribution is 5.97. The van der Waals surface area contributed by atoms with E-state index in [2.05, 4.69) is 15.4 Å². The van der Waals surface area contributed by atoms with E-state index in [1.54, 1.807) is 31.2 Å². The maximum Gasteiger partial charge on any atom is 0.417 e. The number of alkyl halides is 3. The molecule has 1 heterocycles. The van der Waals surface area contributed by atoms with Crippen LogP contribution in [0.15, 0.2) is 48.5 Å². The fraction of sp³-hybridized carbons (Fsp3) is 0.167. The van der Waals surface area contributed by atoms with Gasteiger partial charge in [-0.2, -0.15) is 23.5 Å². The number of esters is 1. The number of nitrogens with zero attached hydrogens (tertiary/aromatic N) is 2. The highest BCUT2D eigenvalue weighted by Crippen LogP contribution is 2.40. The van der Waals surface area contributed by atoms with Crippen molar-refractivity contribution >= 4 is 5.97 Å². The van der Waals surface area contributed by atoms with E-state index in [0.717, 1.165) is 6.07 Å². The number of halogens is 3. The zero-order valence-corrected chi connectivity index (χ0v) is 13.7. The largest absolute Gasteiger partial charge is 0.461 e. The summed E-state index contributed by atoms with van der Waals surface area (Å²) < 4.78 is 45.2. The average Bonchev–Trinajstić information content (AvgIpc) is 3.11. The van der Waals surface area contributed by atoms with Gasteiger partial charge < -0.3 is 4.74 Å². The Morgan fingerprint density at radius 3 is 2.27 bits per heavy atom. The molecule has 134 valence electrons. The number of hydrogen-bond acceptors (Lipinski definition) is 4. The molecular weight excluding hydrogens is 347 g/mol. The highest BCUT2D eigenvalue weighted by atomic mass is 19.4.